The Morgan fingerprint density at radius 2 is 2.40 bits per heavy atom. The van der Waals surface area contributed by atoms with Gasteiger partial charge in [0.05, 0.1) is 17.8 Å². The highest BCUT2D eigenvalue weighted by molar-refractivity contribution is 9.10. The van der Waals surface area contributed by atoms with Crippen LogP contribution >= 0.6 is 15.9 Å². The Balaban J connectivity index is 2.24. The lowest BCUT2D eigenvalue weighted by Crippen LogP contribution is -2.26. The Morgan fingerprint density at radius 1 is 1.53 bits per heavy atom. The highest BCUT2D eigenvalue weighted by atomic mass is 79.9. The quantitative estimate of drug-likeness (QED) is 0.812. The van der Waals surface area contributed by atoms with Gasteiger partial charge in [0.15, 0.2) is 5.96 Å². The van der Waals surface area contributed by atoms with Crippen molar-refractivity contribution in [3.63, 3.8) is 0 Å². The number of hydrogen-bond donors (Lipinski definition) is 2. The zero-order chi connectivity index (χ0) is 10.7. The summed E-state index contributed by atoms with van der Waals surface area (Å²) in [6, 6.07) is 7.65. The van der Waals surface area contributed by atoms with Crippen LogP contribution < -0.4 is 10.6 Å². The van der Waals surface area contributed by atoms with Gasteiger partial charge in [0.2, 0.25) is 0 Å². The SMILES string of the molecule is N#Cc1cc(Br)ccc1NC1=NCCN1. The van der Waals surface area contributed by atoms with Gasteiger partial charge in [-0.3, -0.25) is 4.99 Å². The number of hydrogen-bond acceptors (Lipinski definition) is 4. The average molecular weight is 265 g/mol. The molecule has 0 saturated carbocycles. The van der Waals surface area contributed by atoms with E-state index < -0.39 is 0 Å². The van der Waals surface area contributed by atoms with Gasteiger partial charge in [-0.1, -0.05) is 15.9 Å². The minimum atomic E-state index is 0.598. The normalized spacial score (nSPS) is 14.0. The molecule has 2 N–H and O–H groups in total. The number of nitrogens with one attached hydrogen (secondary N) is 2. The van der Waals surface area contributed by atoms with Gasteiger partial charge in [0.1, 0.15) is 6.07 Å². The van der Waals surface area contributed by atoms with Gasteiger partial charge in [-0.25, -0.2) is 0 Å². The molecule has 0 bridgehead atoms. The topological polar surface area (TPSA) is 60.2 Å². The molecule has 1 heterocycles. The number of nitriles is 1. The van der Waals surface area contributed by atoms with Crippen molar-refractivity contribution in [2.24, 2.45) is 4.99 Å². The second-order valence-electron chi connectivity index (χ2n) is 3.08. The van der Waals surface area contributed by atoms with E-state index in [0.29, 0.717) is 5.56 Å². The number of halogens is 1. The molecular weight excluding hydrogens is 256 g/mol. The molecule has 0 aromatic heterocycles. The smallest absolute Gasteiger partial charge is 0.195 e. The molecule has 15 heavy (non-hydrogen) atoms. The monoisotopic (exact) mass is 264 g/mol. The van der Waals surface area contributed by atoms with Crippen molar-refractivity contribution in [3.05, 3.63) is 28.2 Å². The fraction of sp³-hybridized carbons (Fsp3) is 0.200. The Hall–Kier alpha value is -1.54. The molecule has 0 radical (unpaired) electrons. The third-order valence-electron chi connectivity index (χ3n) is 2.03. The molecule has 2 rings (SSSR count). The summed E-state index contributed by atoms with van der Waals surface area (Å²) >= 11 is 3.33. The van der Waals surface area contributed by atoms with Crippen LogP contribution in [0, 0.1) is 11.3 Å². The van der Waals surface area contributed by atoms with Crippen LogP contribution in [0.25, 0.3) is 0 Å². The molecule has 0 atom stereocenters. The number of guanidine groups is 1. The zero-order valence-corrected chi connectivity index (χ0v) is 9.50. The molecule has 0 unspecified atom stereocenters. The lowest BCUT2D eigenvalue weighted by Gasteiger charge is -2.08. The van der Waals surface area contributed by atoms with Crippen molar-refractivity contribution in [1.82, 2.24) is 5.32 Å². The third kappa shape index (κ3) is 2.28. The third-order valence-corrected chi connectivity index (χ3v) is 2.52. The molecule has 1 aliphatic heterocycles. The molecule has 0 saturated heterocycles. The van der Waals surface area contributed by atoms with E-state index in [0.717, 1.165) is 29.2 Å². The van der Waals surface area contributed by atoms with Crippen molar-refractivity contribution in [3.8, 4) is 6.07 Å². The Kier molecular flexibility index (Phi) is 2.88. The lowest BCUT2D eigenvalue weighted by atomic mass is 10.2. The molecule has 1 aromatic carbocycles. The van der Waals surface area contributed by atoms with Gasteiger partial charge in [-0.2, -0.15) is 5.26 Å². The van der Waals surface area contributed by atoms with Crippen molar-refractivity contribution in [1.29, 1.82) is 5.26 Å². The average Bonchev–Trinajstić information content (AvgIpc) is 2.73. The van der Waals surface area contributed by atoms with Gasteiger partial charge < -0.3 is 10.6 Å². The fourth-order valence-corrected chi connectivity index (χ4v) is 1.69. The first-order valence-corrected chi connectivity index (χ1v) is 5.34. The molecule has 1 aromatic rings. The molecular formula is C10H9BrN4. The summed E-state index contributed by atoms with van der Waals surface area (Å²) in [5.74, 6) is 0.730. The van der Waals surface area contributed by atoms with Gasteiger partial charge in [-0.05, 0) is 18.2 Å². The van der Waals surface area contributed by atoms with Crippen molar-refractivity contribution in [2.75, 3.05) is 18.4 Å². The molecule has 5 heteroatoms. The number of anilines is 1. The van der Waals surface area contributed by atoms with Gasteiger partial charge in [0.25, 0.3) is 0 Å². The van der Waals surface area contributed by atoms with E-state index in [1.807, 2.05) is 12.1 Å². The van der Waals surface area contributed by atoms with E-state index >= 15 is 0 Å². The van der Waals surface area contributed by atoms with Crippen LogP contribution in [0.1, 0.15) is 5.56 Å². The van der Waals surface area contributed by atoms with E-state index in [4.69, 9.17) is 5.26 Å². The highest BCUT2D eigenvalue weighted by Crippen LogP contribution is 2.20. The van der Waals surface area contributed by atoms with E-state index in [1.165, 1.54) is 0 Å². The predicted molar refractivity (Wildman–Crippen MR) is 62.8 cm³/mol. The summed E-state index contributed by atoms with van der Waals surface area (Å²) in [6.07, 6.45) is 0. The van der Waals surface area contributed by atoms with Crippen LogP contribution in [0.2, 0.25) is 0 Å². The number of benzene rings is 1. The first-order valence-electron chi connectivity index (χ1n) is 4.54. The maximum atomic E-state index is 8.95. The van der Waals surface area contributed by atoms with Gasteiger partial charge in [-0.15, -0.1) is 0 Å². The summed E-state index contributed by atoms with van der Waals surface area (Å²) in [4.78, 5) is 4.20. The number of aliphatic imine (C=N–C) groups is 1. The van der Waals surface area contributed by atoms with Crippen molar-refractivity contribution in [2.45, 2.75) is 0 Å². The molecule has 76 valence electrons. The maximum Gasteiger partial charge on any atom is 0.195 e. The second-order valence-corrected chi connectivity index (χ2v) is 4.00. The first kappa shape index (κ1) is 9.99. The maximum absolute atomic E-state index is 8.95. The van der Waals surface area contributed by atoms with Gasteiger partial charge in [0, 0.05) is 11.0 Å². The number of rotatable bonds is 1. The summed E-state index contributed by atoms with van der Waals surface area (Å²) in [5.41, 5.74) is 1.37. The Morgan fingerprint density at radius 3 is 3.07 bits per heavy atom. The molecule has 1 aliphatic rings. The minimum Gasteiger partial charge on any atom is -0.354 e. The summed E-state index contributed by atoms with van der Waals surface area (Å²) in [5, 5.41) is 15.1. The summed E-state index contributed by atoms with van der Waals surface area (Å²) < 4.78 is 0.894. The molecule has 0 aliphatic carbocycles. The van der Waals surface area contributed by atoms with E-state index in [2.05, 4.69) is 37.6 Å². The molecule has 0 amide bonds. The first-order chi connectivity index (χ1) is 7.29. The van der Waals surface area contributed by atoms with Crippen LogP contribution in [0.4, 0.5) is 5.69 Å². The largest absolute Gasteiger partial charge is 0.354 e. The minimum absolute atomic E-state index is 0.598. The lowest BCUT2D eigenvalue weighted by molar-refractivity contribution is 0.959. The van der Waals surface area contributed by atoms with Crippen LogP contribution in [0.5, 0.6) is 0 Å². The Bertz CT molecular complexity index is 447. The molecule has 4 nitrogen and oxygen atoms in total. The fourth-order valence-electron chi connectivity index (χ4n) is 1.33. The van der Waals surface area contributed by atoms with Crippen LogP contribution in [-0.2, 0) is 0 Å². The Labute approximate surface area is 96.1 Å². The summed E-state index contributed by atoms with van der Waals surface area (Å²) in [7, 11) is 0. The zero-order valence-electron chi connectivity index (χ0n) is 7.92. The molecule has 0 fully saturated rings. The standard InChI is InChI=1S/C10H9BrN4/c11-8-1-2-9(7(5-8)6-12)15-10-13-3-4-14-10/h1-2,5H,3-4H2,(H2,13,14,15). The summed E-state index contributed by atoms with van der Waals surface area (Å²) in [6.45, 7) is 1.63. The van der Waals surface area contributed by atoms with E-state index in [-0.39, 0.29) is 0 Å². The second kappa shape index (κ2) is 4.32. The van der Waals surface area contributed by atoms with Crippen molar-refractivity contribution < 1.29 is 0 Å². The number of nitrogens with zero attached hydrogens (tertiary/aromatic N) is 2. The highest BCUT2D eigenvalue weighted by Gasteiger charge is 2.08. The van der Waals surface area contributed by atoms with Gasteiger partial charge >= 0.3 is 0 Å². The van der Waals surface area contributed by atoms with Crippen LogP contribution in [-0.4, -0.2) is 19.0 Å². The van der Waals surface area contributed by atoms with E-state index in [9.17, 15) is 0 Å². The van der Waals surface area contributed by atoms with Crippen LogP contribution in [0.15, 0.2) is 27.7 Å². The molecule has 0 spiro atoms. The van der Waals surface area contributed by atoms with E-state index in [1.54, 1.807) is 6.07 Å². The van der Waals surface area contributed by atoms with Crippen molar-refractivity contribution >= 4 is 27.6 Å². The van der Waals surface area contributed by atoms with Crippen LogP contribution in [0.3, 0.4) is 0 Å². The predicted octanol–water partition coefficient (Wildman–Crippen LogP) is 1.69.